The van der Waals surface area contributed by atoms with Crippen LogP contribution in [0.15, 0.2) is 66.9 Å². The molecule has 9 nitrogen and oxygen atoms in total. The number of pyridine rings is 1. The number of halogens is 2. The van der Waals surface area contributed by atoms with Gasteiger partial charge < -0.3 is 30.2 Å². The average Bonchev–Trinajstić information content (AvgIpc) is 3.02. The zero-order valence-electron chi connectivity index (χ0n) is 23.6. The van der Waals surface area contributed by atoms with Gasteiger partial charge in [-0.25, -0.2) is 4.39 Å². The van der Waals surface area contributed by atoms with E-state index in [2.05, 4.69) is 10.3 Å². The number of carbonyl (C=O) groups is 2. The average molecular weight is 607 g/mol. The molecular weight excluding hydrogens is 575 g/mol. The Morgan fingerprint density at radius 3 is 2.49 bits per heavy atom. The highest BCUT2D eigenvalue weighted by molar-refractivity contribution is 6.39. The number of hydrogen-bond acceptors (Lipinski definition) is 7. The summed E-state index contributed by atoms with van der Waals surface area (Å²) in [5.41, 5.74) is 6.92. The minimum atomic E-state index is -1.15. The van der Waals surface area contributed by atoms with E-state index in [0.29, 0.717) is 52.1 Å². The third-order valence-electron chi connectivity index (χ3n) is 7.36. The number of aromatic nitrogens is 1. The van der Waals surface area contributed by atoms with Crippen LogP contribution < -0.4 is 30.2 Å². The molecule has 3 N–H and O–H groups in total. The number of fused-ring (bicyclic) bond motifs is 1. The standard InChI is InChI=1S/C32H32ClFN4O5/c1-41-29-17-24-26(18-30(29)42-19-21-8-12-36-13-9-21)37-14-10-27(24)43-28-7-6-23(16-25(28)34)38(32(40)31(35)39)15-11-20-2-4-22(33)5-3-20/h2-7,10,14,16-18,21,36H,8-9,11-13,15,19H2,1H3,(H2,35,39). The van der Waals surface area contributed by atoms with Crippen LogP contribution >= 0.6 is 11.6 Å². The molecule has 0 radical (unpaired) electrons. The van der Waals surface area contributed by atoms with E-state index in [0.717, 1.165) is 42.5 Å². The van der Waals surface area contributed by atoms with Crippen molar-refractivity contribution < 1.29 is 28.2 Å². The van der Waals surface area contributed by atoms with Crippen LogP contribution in [0, 0.1) is 11.7 Å². The lowest BCUT2D eigenvalue weighted by Gasteiger charge is -2.23. The first kappa shape index (κ1) is 30.1. The lowest BCUT2D eigenvalue weighted by Crippen LogP contribution is -2.41. The number of carbonyl (C=O) groups excluding carboxylic acids is 2. The molecule has 0 unspecified atom stereocenters. The lowest BCUT2D eigenvalue weighted by molar-refractivity contribution is -0.135. The Hall–Kier alpha value is -4.41. The van der Waals surface area contributed by atoms with Gasteiger partial charge in [-0.05, 0) is 80.2 Å². The fourth-order valence-corrected chi connectivity index (χ4v) is 5.10. The molecule has 2 amide bonds. The number of rotatable bonds is 10. The summed E-state index contributed by atoms with van der Waals surface area (Å²) in [6.45, 7) is 2.63. The number of nitrogens with zero attached hydrogens (tertiary/aromatic N) is 2. The molecule has 4 aromatic rings. The fraction of sp³-hybridized carbons (Fsp3) is 0.281. The van der Waals surface area contributed by atoms with Gasteiger partial charge in [-0.1, -0.05) is 23.7 Å². The number of nitrogens with one attached hydrogen (secondary N) is 1. The Morgan fingerprint density at radius 1 is 1.02 bits per heavy atom. The van der Waals surface area contributed by atoms with Gasteiger partial charge in [-0.3, -0.25) is 14.6 Å². The molecular formula is C32H32ClFN4O5. The van der Waals surface area contributed by atoms with Crippen LogP contribution in [0.25, 0.3) is 10.9 Å². The quantitative estimate of drug-likeness (QED) is 0.236. The molecule has 11 heteroatoms. The number of nitrogens with two attached hydrogens (primary N) is 1. The maximum atomic E-state index is 15.4. The van der Waals surface area contributed by atoms with Crippen LogP contribution in [0.3, 0.4) is 0 Å². The van der Waals surface area contributed by atoms with Gasteiger partial charge in [0.2, 0.25) is 0 Å². The fourth-order valence-electron chi connectivity index (χ4n) is 4.98. The number of anilines is 1. The van der Waals surface area contributed by atoms with E-state index in [4.69, 9.17) is 31.5 Å². The van der Waals surface area contributed by atoms with Crippen molar-refractivity contribution in [2.45, 2.75) is 19.3 Å². The van der Waals surface area contributed by atoms with Gasteiger partial charge in [0.05, 0.1) is 19.2 Å². The Morgan fingerprint density at radius 2 is 1.79 bits per heavy atom. The van der Waals surface area contributed by atoms with E-state index < -0.39 is 17.6 Å². The first-order valence-corrected chi connectivity index (χ1v) is 14.3. The molecule has 0 bridgehead atoms. The smallest absolute Gasteiger partial charge is 0.316 e. The Balaban J connectivity index is 1.36. The summed E-state index contributed by atoms with van der Waals surface area (Å²) in [5.74, 6) is -1.01. The van der Waals surface area contributed by atoms with Crippen molar-refractivity contribution in [2.24, 2.45) is 11.7 Å². The van der Waals surface area contributed by atoms with E-state index in [-0.39, 0.29) is 18.0 Å². The number of ether oxygens (including phenoxy) is 3. The van der Waals surface area contributed by atoms with Crippen molar-refractivity contribution in [1.82, 2.24) is 10.3 Å². The molecule has 1 aromatic heterocycles. The zero-order chi connectivity index (χ0) is 30.3. The molecule has 5 rings (SSSR count). The number of primary amides is 1. The SMILES string of the molecule is COc1cc2c(Oc3ccc(N(CCc4ccc(Cl)cc4)C(=O)C(N)=O)cc3F)ccnc2cc1OCC1CCNCC1. The van der Waals surface area contributed by atoms with Crippen molar-refractivity contribution in [3.63, 3.8) is 0 Å². The Bertz CT molecular complexity index is 1610. The summed E-state index contributed by atoms with van der Waals surface area (Å²) >= 11 is 5.95. The second kappa shape index (κ2) is 13.7. The summed E-state index contributed by atoms with van der Waals surface area (Å²) < 4.78 is 33.1. The predicted molar refractivity (Wildman–Crippen MR) is 163 cm³/mol. The second-order valence-electron chi connectivity index (χ2n) is 10.2. The van der Waals surface area contributed by atoms with Crippen molar-refractivity contribution >= 4 is 40.0 Å². The van der Waals surface area contributed by atoms with Crippen molar-refractivity contribution in [3.8, 4) is 23.0 Å². The van der Waals surface area contributed by atoms with Gasteiger partial charge in [-0.15, -0.1) is 0 Å². The van der Waals surface area contributed by atoms with Gasteiger partial charge in [-0.2, -0.15) is 0 Å². The molecule has 0 aliphatic carbocycles. The van der Waals surface area contributed by atoms with Gasteiger partial charge in [0.15, 0.2) is 23.1 Å². The molecule has 2 heterocycles. The van der Waals surface area contributed by atoms with Crippen molar-refractivity contribution in [1.29, 1.82) is 0 Å². The molecule has 1 fully saturated rings. The first-order chi connectivity index (χ1) is 20.8. The van der Waals surface area contributed by atoms with Gasteiger partial charge in [0.1, 0.15) is 5.75 Å². The summed E-state index contributed by atoms with van der Waals surface area (Å²) in [6.07, 6.45) is 4.06. The zero-order valence-corrected chi connectivity index (χ0v) is 24.4. The van der Waals surface area contributed by atoms with E-state index in [1.807, 2.05) is 12.1 Å². The molecule has 0 atom stereocenters. The maximum Gasteiger partial charge on any atom is 0.316 e. The van der Waals surface area contributed by atoms with Crippen molar-refractivity contribution in [2.75, 3.05) is 38.3 Å². The number of benzene rings is 3. The lowest BCUT2D eigenvalue weighted by atomic mass is 9.99. The minimum Gasteiger partial charge on any atom is -0.493 e. The predicted octanol–water partition coefficient (Wildman–Crippen LogP) is 5.27. The molecule has 1 saturated heterocycles. The topological polar surface area (TPSA) is 116 Å². The van der Waals surface area contributed by atoms with Crippen LogP contribution in [0.5, 0.6) is 23.0 Å². The molecule has 1 aliphatic heterocycles. The highest BCUT2D eigenvalue weighted by atomic mass is 35.5. The largest absolute Gasteiger partial charge is 0.493 e. The highest BCUT2D eigenvalue weighted by Crippen LogP contribution is 2.38. The third-order valence-corrected chi connectivity index (χ3v) is 7.61. The number of piperidine rings is 1. The Kier molecular flexibility index (Phi) is 9.58. The summed E-state index contributed by atoms with van der Waals surface area (Å²) in [5, 5.41) is 4.53. The number of hydrogen-bond donors (Lipinski definition) is 2. The van der Waals surface area contributed by atoms with Crippen LogP contribution in [0.4, 0.5) is 10.1 Å². The molecule has 224 valence electrons. The monoisotopic (exact) mass is 606 g/mol. The van der Waals surface area contributed by atoms with Crippen LogP contribution in [-0.2, 0) is 16.0 Å². The molecule has 3 aromatic carbocycles. The van der Waals surface area contributed by atoms with E-state index >= 15 is 4.39 Å². The van der Waals surface area contributed by atoms with Crippen molar-refractivity contribution in [3.05, 3.63) is 83.3 Å². The summed E-state index contributed by atoms with van der Waals surface area (Å²) in [6, 6.07) is 16.3. The molecule has 0 saturated carbocycles. The summed E-state index contributed by atoms with van der Waals surface area (Å²) in [4.78, 5) is 30.0. The highest BCUT2D eigenvalue weighted by Gasteiger charge is 2.23. The molecule has 1 aliphatic rings. The Labute approximate surface area is 253 Å². The minimum absolute atomic E-state index is 0.0781. The van der Waals surface area contributed by atoms with Crippen LogP contribution in [0.1, 0.15) is 18.4 Å². The maximum absolute atomic E-state index is 15.4. The molecule has 0 spiro atoms. The molecule has 43 heavy (non-hydrogen) atoms. The van der Waals surface area contributed by atoms with Crippen LogP contribution in [-0.4, -0.2) is 50.1 Å². The van der Waals surface area contributed by atoms with E-state index in [9.17, 15) is 9.59 Å². The summed E-state index contributed by atoms with van der Waals surface area (Å²) in [7, 11) is 1.56. The third kappa shape index (κ3) is 7.33. The number of methoxy groups -OCH3 is 1. The van der Waals surface area contributed by atoms with Gasteiger partial charge in [0.25, 0.3) is 0 Å². The first-order valence-electron chi connectivity index (χ1n) is 14.0. The normalized spacial score (nSPS) is 13.5. The van der Waals surface area contributed by atoms with Gasteiger partial charge in [0, 0.05) is 41.0 Å². The van der Waals surface area contributed by atoms with Gasteiger partial charge >= 0.3 is 11.8 Å². The van der Waals surface area contributed by atoms with E-state index in [1.165, 1.54) is 12.1 Å². The van der Waals surface area contributed by atoms with E-state index in [1.54, 1.807) is 43.6 Å². The second-order valence-corrected chi connectivity index (χ2v) is 10.7. The van der Waals surface area contributed by atoms with Crippen LogP contribution in [0.2, 0.25) is 5.02 Å². The number of amides is 2.